The standard InChI is InChI=1S/C17H28N2O2/c1-16(2)15(17(16,3)4)19-10-12(20)18-13(14(19)21)11-8-6-5-7-9-11/h11,13,15H,5-10H2,1-4H3,(H,18,20). The van der Waals surface area contributed by atoms with E-state index in [1.807, 2.05) is 4.90 Å². The molecule has 3 fully saturated rings. The highest BCUT2D eigenvalue weighted by atomic mass is 16.2. The number of rotatable bonds is 2. The van der Waals surface area contributed by atoms with Crippen LogP contribution in [0.3, 0.4) is 0 Å². The lowest BCUT2D eigenvalue weighted by atomic mass is 9.82. The average molecular weight is 292 g/mol. The molecule has 0 radical (unpaired) electrons. The van der Waals surface area contributed by atoms with Crippen LogP contribution in [0.25, 0.3) is 0 Å². The Bertz CT molecular complexity index is 449. The number of piperazine rings is 1. The molecule has 3 aliphatic rings. The number of carbonyl (C=O) groups is 2. The van der Waals surface area contributed by atoms with E-state index in [1.165, 1.54) is 19.3 Å². The largest absolute Gasteiger partial charge is 0.342 e. The maximum absolute atomic E-state index is 12.9. The molecule has 118 valence electrons. The van der Waals surface area contributed by atoms with Gasteiger partial charge >= 0.3 is 0 Å². The monoisotopic (exact) mass is 292 g/mol. The van der Waals surface area contributed by atoms with Gasteiger partial charge in [-0.15, -0.1) is 0 Å². The summed E-state index contributed by atoms with van der Waals surface area (Å²) < 4.78 is 0. The summed E-state index contributed by atoms with van der Waals surface area (Å²) in [6.45, 7) is 9.04. The minimum absolute atomic E-state index is 0.0173. The molecule has 3 rings (SSSR count). The van der Waals surface area contributed by atoms with Crippen LogP contribution in [-0.4, -0.2) is 35.3 Å². The maximum atomic E-state index is 12.9. The van der Waals surface area contributed by atoms with Crippen molar-refractivity contribution in [3.63, 3.8) is 0 Å². The van der Waals surface area contributed by atoms with E-state index >= 15 is 0 Å². The lowest BCUT2D eigenvalue weighted by Gasteiger charge is -2.39. The lowest BCUT2D eigenvalue weighted by Crippen LogP contribution is -2.62. The van der Waals surface area contributed by atoms with Crippen molar-refractivity contribution < 1.29 is 9.59 Å². The van der Waals surface area contributed by atoms with Crippen molar-refractivity contribution in [1.82, 2.24) is 10.2 Å². The van der Waals surface area contributed by atoms with Crippen molar-refractivity contribution in [1.29, 1.82) is 0 Å². The molecule has 1 heterocycles. The van der Waals surface area contributed by atoms with Gasteiger partial charge < -0.3 is 10.2 Å². The van der Waals surface area contributed by atoms with Crippen LogP contribution in [0, 0.1) is 16.7 Å². The maximum Gasteiger partial charge on any atom is 0.246 e. The van der Waals surface area contributed by atoms with E-state index in [2.05, 4.69) is 33.0 Å². The molecular formula is C17H28N2O2. The highest BCUT2D eigenvalue weighted by Crippen LogP contribution is 2.65. The summed E-state index contributed by atoms with van der Waals surface area (Å²) in [6.07, 6.45) is 5.77. The number of hydrogen-bond donors (Lipinski definition) is 1. The van der Waals surface area contributed by atoms with Crippen LogP contribution >= 0.6 is 0 Å². The van der Waals surface area contributed by atoms with Gasteiger partial charge in [0.05, 0.1) is 6.54 Å². The summed E-state index contributed by atoms with van der Waals surface area (Å²) in [5, 5.41) is 2.97. The fourth-order valence-electron chi connectivity index (χ4n) is 4.64. The first-order valence-electron chi connectivity index (χ1n) is 8.36. The minimum Gasteiger partial charge on any atom is -0.342 e. The normalized spacial score (nSPS) is 33.0. The molecule has 0 bridgehead atoms. The quantitative estimate of drug-likeness (QED) is 0.849. The Morgan fingerprint density at radius 2 is 1.57 bits per heavy atom. The average Bonchev–Trinajstić information content (AvgIpc) is 2.83. The van der Waals surface area contributed by atoms with Crippen molar-refractivity contribution in [3.05, 3.63) is 0 Å². The van der Waals surface area contributed by atoms with Crippen LogP contribution in [0.1, 0.15) is 59.8 Å². The third-order valence-corrected chi connectivity index (χ3v) is 6.56. The Kier molecular flexibility index (Phi) is 3.34. The second-order valence-corrected chi connectivity index (χ2v) is 8.26. The highest BCUT2D eigenvalue weighted by molar-refractivity contribution is 5.95. The van der Waals surface area contributed by atoms with Crippen molar-refractivity contribution >= 4 is 11.8 Å². The first-order chi connectivity index (χ1) is 9.76. The van der Waals surface area contributed by atoms with Crippen molar-refractivity contribution in [3.8, 4) is 0 Å². The van der Waals surface area contributed by atoms with Crippen molar-refractivity contribution in [2.24, 2.45) is 16.7 Å². The van der Waals surface area contributed by atoms with Gasteiger partial charge in [-0.2, -0.15) is 0 Å². The Balaban J connectivity index is 1.79. The first kappa shape index (κ1) is 14.9. The minimum atomic E-state index is -0.279. The molecule has 4 heteroatoms. The van der Waals surface area contributed by atoms with E-state index in [1.54, 1.807) is 0 Å². The molecular weight excluding hydrogens is 264 g/mol. The summed E-state index contributed by atoms with van der Waals surface area (Å²) in [4.78, 5) is 26.9. The Labute approximate surface area is 127 Å². The SMILES string of the molecule is CC1(C)C(N2CC(=O)NC(C3CCCCC3)C2=O)C1(C)C. The number of amides is 2. The predicted octanol–water partition coefficient (Wildman–Crippen LogP) is 2.33. The Morgan fingerprint density at radius 3 is 2.10 bits per heavy atom. The zero-order chi connectivity index (χ0) is 15.4. The molecule has 1 unspecified atom stereocenters. The molecule has 0 spiro atoms. The molecule has 1 atom stereocenters. The molecule has 0 aromatic heterocycles. The summed E-state index contributed by atoms with van der Waals surface area (Å²) in [5.74, 6) is 0.511. The van der Waals surface area contributed by atoms with Gasteiger partial charge in [0.2, 0.25) is 11.8 Å². The van der Waals surface area contributed by atoms with Gasteiger partial charge in [0.15, 0.2) is 0 Å². The molecule has 21 heavy (non-hydrogen) atoms. The molecule has 2 saturated carbocycles. The van der Waals surface area contributed by atoms with E-state index in [0.29, 0.717) is 5.92 Å². The molecule has 1 N–H and O–H groups in total. The molecule has 1 saturated heterocycles. The molecule has 2 aliphatic carbocycles. The van der Waals surface area contributed by atoms with Crippen LogP contribution in [0.5, 0.6) is 0 Å². The van der Waals surface area contributed by atoms with Crippen molar-refractivity contribution in [2.45, 2.75) is 71.9 Å². The number of carbonyl (C=O) groups excluding carboxylic acids is 2. The first-order valence-corrected chi connectivity index (χ1v) is 8.36. The van der Waals surface area contributed by atoms with E-state index in [-0.39, 0.29) is 41.3 Å². The van der Waals surface area contributed by atoms with Gasteiger partial charge in [0.25, 0.3) is 0 Å². The van der Waals surface area contributed by atoms with E-state index in [0.717, 1.165) is 12.8 Å². The van der Waals surface area contributed by atoms with Gasteiger partial charge in [-0.3, -0.25) is 9.59 Å². The summed E-state index contributed by atoms with van der Waals surface area (Å²) in [7, 11) is 0. The second kappa shape index (κ2) is 4.72. The third kappa shape index (κ3) is 2.18. The smallest absolute Gasteiger partial charge is 0.246 e. The zero-order valence-corrected chi connectivity index (χ0v) is 13.7. The highest BCUT2D eigenvalue weighted by Gasteiger charge is 2.69. The van der Waals surface area contributed by atoms with Gasteiger partial charge in [-0.05, 0) is 29.6 Å². The number of nitrogens with one attached hydrogen (secondary N) is 1. The van der Waals surface area contributed by atoms with Crippen LogP contribution in [-0.2, 0) is 9.59 Å². The summed E-state index contributed by atoms with van der Waals surface area (Å²) in [5.41, 5.74) is 0.189. The van der Waals surface area contributed by atoms with Gasteiger partial charge in [0, 0.05) is 6.04 Å². The van der Waals surface area contributed by atoms with E-state index in [4.69, 9.17) is 0 Å². The van der Waals surface area contributed by atoms with Crippen LogP contribution in [0.2, 0.25) is 0 Å². The molecule has 0 aromatic carbocycles. The van der Waals surface area contributed by atoms with Gasteiger partial charge in [0.1, 0.15) is 6.04 Å². The molecule has 2 amide bonds. The molecule has 1 aliphatic heterocycles. The van der Waals surface area contributed by atoms with Crippen molar-refractivity contribution in [2.75, 3.05) is 6.54 Å². The third-order valence-electron chi connectivity index (χ3n) is 6.56. The molecule has 4 nitrogen and oxygen atoms in total. The van der Waals surface area contributed by atoms with Gasteiger partial charge in [-0.25, -0.2) is 0 Å². The summed E-state index contributed by atoms with van der Waals surface area (Å²) >= 11 is 0. The topological polar surface area (TPSA) is 49.4 Å². The lowest BCUT2D eigenvalue weighted by molar-refractivity contribution is -0.147. The Morgan fingerprint density at radius 1 is 1.00 bits per heavy atom. The summed E-state index contributed by atoms with van der Waals surface area (Å²) in [6, 6.07) is -0.0895. The fraction of sp³-hybridized carbons (Fsp3) is 0.882. The fourth-order valence-corrected chi connectivity index (χ4v) is 4.64. The Hall–Kier alpha value is -1.06. The van der Waals surface area contributed by atoms with Crippen LogP contribution in [0.4, 0.5) is 0 Å². The number of hydrogen-bond acceptors (Lipinski definition) is 2. The number of nitrogens with zero attached hydrogens (tertiary/aromatic N) is 1. The predicted molar refractivity (Wildman–Crippen MR) is 81.6 cm³/mol. The zero-order valence-electron chi connectivity index (χ0n) is 13.7. The van der Waals surface area contributed by atoms with Crippen LogP contribution < -0.4 is 5.32 Å². The molecule has 0 aromatic rings. The van der Waals surface area contributed by atoms with Crippen LogP contribution in [0.15, 0.2) is 0 Å². The van der Waals surface area contributed by atoms with Gasteiger partial charge in [-0.1, -0.05) is 47.0 Å². The van der Waals surface area contributed by atoms with E-state index < -0.39 is 0 Å². The second-order valence-electron chi connectivity index (χ2n) is 8.26. The van der Waals surface area contributed by atoms with E-state index in [9.17, 15) is 9.59 Å².